The van der Waals surface area contributed by atoms with E-state index in [0.29, 0.717) is 0 Å². The summed E-state index contributed by atoms with van der Waals surface area (Å²) in [7, 11) is 0. The molecule has 0 aliphatic heterocycles. The van der Waals surface area contributed by atoms with Gasteiger partial charge in [-0.3, -0.25) is 0 Å². The highest BCUT2D eigenvalue weighted by molar-refractivity contribution is 5.36. The molecule has 1 nitrogen and oxygen atoms in total. The summed E-state index contributed by atoms with van der Waals surface area (Å²) in [6, 6.07) is 6.37. The highest BCUT2D eigenvalue weighted by atomic mass is 16.5. The Morgan fingerprint density at radius 2 is 2.00 bits per heavy atom. The molecule has 0 radical (unpaired) electrons. The molecule has 1 aromatic carbocycles. The van der Waals surface area contributed by atoms with Crippen LogP contribution in [0.5, 0.6) is 5.75 Å². The Morgan fingerprint density at radius 1 is 1.25 bits per heavy atom. The molecule has 0 heterocycles. The van der Waals surface area contributed by atoms with E-state index in [1.165, 1.54) is 11.1 Å². The first-order valence-electron chi connectivity index (χ1n) is 4.50. The summed E-state index contributed by atoms with van der Waals surface area (Å²) >= 11 is 0. The first kappa shape index (κ1) is 9.11. The minimum atomic E-state index is 0.746. The summed E-state index contributed by atoms with van der Waals surface area (Å²) in [4.78, 5) is 0. The Hall–Kier alpha value is -0.980. The van der Waals surface area contributed by atoms with Gasteiger partial charge >= 0.3 is 0 Å². The molecule has 12 heavy (non-hydrogen) atoms. The van der Waals surface area contributed by atoms with Crippen LogP contribution in [0.15, 0.2) is 18.2 Å². The second-order valence-electron chi connectivity index (χ2n) is 2.90. The lowest BCUT2D eigenvalue weighted by atomic mass is 10.1. The molecule has 1 rings (SSSR count). The molecule has 0 aliphatic rings. The highest BCUT2D eigenvalue weighted by Crippen LogP contribution is 2.20. The van der Waals surface area contributed by atoms with Crippen molar-refractivity contribution in [1.29, 1.82) is 0 Å². The molecule has 0 saturated heterocycles. The Balaban J connectivity index is 2.95. The second-order valence-corrected chi connectivity index (χ2v) is 2.90. The fourth-order valence-electron chi connectivity index (χ4n) is 1.24. The molecular weight excluding hydrogens is 148 g/mol. The highest BCUT2D eigenvalue weighted by Gasteiger charge is 2.00. The minimum Gasteiger partial charge on any atom is -0.494 e. The molecule has 0 aromatic heterocycles. The molecule has 0 spiro atoms. The Morgan fingerprint density at radius 3 is 2.58 bits per heavy atom. The van der Waals surface area contributed by atoms with Gasteiger partial charge < -0.3 is 4.74 Å². The van der Waals surface area contributed by atoms with E-state index in [4.69, 9.17) is 4.74 Å². The van der Waals surface area contributed by atoms with E-state index >= 15 is 0 Å². The fraction of sp³-hybridized carbons (Fsp3) is 0.455. The maximum atomic E-state index is 5.51. The van der Waals surface area contributed by atoms with Gasteiger partial charge in [0.2, 0.25) is 0 Å². The van der Waals surface area contributed by atoms with Gasteiger partial charge in [-0.05, 0) is 37.5 Å². The summed E-state index contributed by atoms with van der Waals surface area (Å²) in [5.74, 6) is 1.04. The minimum absolute atomic E-state index is 0.746. The lowest BCUT2D eigenvalue weighted by Crippen LogP contribution is -1.96. The summed E-state index contributed by atoms with van der Waals surface area (Å²) < 4.78 is 5.51. The van der Waals surface area contributed by atoms with Crippen LogP contribution in [0.1, 0.15) is 25.0 Å². The van der Waals surface area contributed by atoms with Crippen molar-refractivity contribution >= 4 is 0 Å². The van der Waals surface area contributed by atoms with Crippen LogP contribution in [-0.2, 0) is 6.42 Å². The standard InChI is InChI=1S/C11H16O/c1-4-10-7-6-9(3)8-11(10)12-5-2/h6-8H,4-5H2,1-3H3. The predicted octanol–water partition coefficient (Wildman–Crippen LogP) is 2.96. The van der Waals surface area contributed by atoms with Crippen LogP contribution in [0, 0.1) is 6.92 Å². The average Bonchev–Trinajstić information content (AvgIpc) is 2.05. The number of aryl methyl sites for hydroxylation is 2. The Kier molecular flexibility index (Phi) is 3.15. The molecule has 1 heteroatoms. The fourth-order valence-corrected chi connectivity index (χ4v) is 1.24. The largest absolute Gasteiger partial charge is 0.494 e. The molecule has 0 fully saturated rings. The van der Waals surface area contributed by atoms with Crippen LogP contribution in [0.25, 0.3) is 0 Å². The maximum Gasteiger partial charge on any atom is 0.122 e. The molecule has 0 bridgehead atoms. The predicted molar refractivity (Wildman–Crippen MR) is 51.7 cm³/mol. The Bertz CT molecular complexity index is 253. The number of benzene rings is 1. The van der Waals surface area contributed by atoms with Gasteiger partial charge in [0.05, 0.1) is 6.61 Å². The lowest BCUT2D eigenvalue weighted by Gasteiger charge is -2.08. The van der Waals surface area contributed by atoms with E-state index < -0.39 is 0 Å². The maximum absolute atomic E-state index is 5.51. The summed E-state index contributed by atoms with van der Waals surface area (Å²) in [6.45, 7) is 6.99. The van der Waals surface area contributed by atoms with Gasteiger partial charge in [-0.1, -0.05) is 19.1 Å². The quantitative estimate of drug-likeness (QED) is 0.667. The third-order valence-corrected chi connectivity index (χ3v) is 1.90. The third kappa shape index (κ3) is 2.00. The van der Waals surface area contributed by atoms with E-state index in [-0.39, 0.29) is 0 Å². The normalized spacial score (nSPS) is 9.92. The van der Waals surface area contributed by atoms with Crippen molar-refractivity contribution in [2.75, 3.05) is 6.61 Å². The van der Waals surface area contributed by atoms with Gasteiger partial charge in [-0.25, -0.2) is 0 Å². The van der Waals surface area contributed by atoms with Crippen LogP contribution in [0.2, 0.25) is 0 Å². The van der Waals surface area contributed by atoms with E-state index in [2.05, 4.69) is 32.0 Å². The van der Waals surface area contributed by atoms with Crippen LogP contribution >= 0.6 is 0 Å². The molecular formula is C11H16O. The molecule has 0 atom stereocenters. The van der Waals surface area contributed by atoms with E-state index in [1.54, 1.807) is 0 Å². The van der Waals surface area contributed by atoms with Crippen molar-refractivity contribution in [3.8, 4) is 5.75 Å². The summed E-state index contributed by atoms with van der Waals surface area (Å²) in [5, 5.41) is 0. The SMILES string of the molecule is CCOc1cc(C)ccc1CC. The monoisotopic (exact) mass is 164 g/mol. The smallest absolute Gasteiger partial charge is 0.122 e. The average molecular weight is 164 g/mol. The zero-order valence-electron chi connectivity index (χ0n) is 8.05. The Labute approximate surface area is 74.4 Å². The summed E-state index contributed by atoms with van der Waals surface area (Å²) in [5.41, 5.74) is 2.55. The number of hydrogen-bond donors (Lipinski definition) is 0. The summed E-state index contributed by atoms with van der Waals surface area (Å²) in [6.07, 6.45) is 1.04. The van der Waals surface area contributed by atoms with Crippen molar-refractivity contribution in [1.82, 2.24) is 0 Å². The van der Waals surface area contributed by atoms with E-state index in [0.717, 1.165) is 18.8 Å². The molecule has 0 unspecified atom stereocenters. The van der Waals surface area contributed by atoms with Crippen LogP contribution in [0.4, 0.5) is 0 Å². The van der Waals surface area contributed by atoms with Gasteiger partial charge in [0.15, 0.2) is 0 Å². The number of hydrogen-bond acceptors (Lipinski definition) is 1. The molecule has 0 aliphatic carbocycles. The van der Waals surface area contributed by atoms with Gasteiger partial charge in [0.1, 0.15) is 5.75 Å². The molecule has 0 N–H and O–H groups in total. The zero-order chi connectivity index (χ0) is 8.97. The van der Waals surface area contributed by atoms with Gasteiger partial charge in [-0.15, -0.1) is 0 Å². The third-order valence-electron chi connectivity index (χ3n) is 1.90. The van der Waals surface area contributed by atoms with Crippen molar-refractivity contribution in [2.24, 2.45) is 0 Å². The molecule has 0 saturated carbocycles. The molecule has 1 aromatic rings. The van der Waals surface area contributed by atoms with Crippen molar-refractivity contribution < 1.29 is 4.74 Å². The van der Waals surface area contributed by atoms with Crippen LogP contribution in [0.3, 0.4) is 0 Å². The topological polar surface area (TPSA) is 9.23 Å². The molecule has 0 amide bonds. The first-order valence-corrected chi connectivity index (χ1v) is 4.50. The van der Waals surface area contributed by atoms with Gasteiger partial charge in [0.25, 0.3) is 0 Å². The lowest BCUT2D eigenvalue weighted by molar-refractivity contribution is 0.336. The van der Waals surface area contributed by atoms with Crippen molar-refractivity contribution in [2.45, 2.75) is 27.2 Å². The van der Waals surface area contributed by atoms with Gasteiger partial charge in [-0.2, -0.15) is 0 Å². The van der Waals surface area contributed by atoms with Gasteiger partial charge in [0, 0.05) is 0 Å². The van der Waals surface area contributed by atoms with E-state index in [1.807, 2.05) is 6.92 Å². The van der Waals surface area contributed by atoms with Crippen LogP contribution in [-0.4, -0.2) is 6.61 Å². The second kappa shape index (κ2) is 4.15. The molecule has 66 valence electrons. The first-order chi connectivity index (χ1) is 5.77. The van der Waals surface area contributed by atoms with Crippen molar-refractivity contribution in [3.63, 3.8) is 0 Å². The van der Waals surface area contributed by atoms with Crippen LogP contribution < -0.4 is 4.74 Å². The number of rotatable bonds is 3. The van der Waals surface area contributed by atoms with Crippen molar-refractivity contribution in [3.05, 3.63) is 29.3 Å². The zero-order valence-corrected chi connectivity index (χ0v) is 8.05. The van der Waals surface area contributed by atoms with E-state index in [9.17, 15) is 0 Å². The number of ether oxygens (including phenoxy) is 1.